The van der Waals surface area contributed by atoms with Gasteiger partial charge in [0.15, 0.2) is 0 Å². The van der Waals surface area contributed by atoms with Gasteiger partial charge in [-0.15, -0.1) is 12.4 Å². The minimum absolute atomic E-state index is 0. The van der Waals surface area contributed by atoms with Gasteiger partial charge in [0.2, 0.25) is 55.2 Å². The number of hydrogen-bond acceptors (Lipinski definition) is 18. The lowest BCUT2D eigenvalue weighted by Gasteiger charge is -2.27. The number of carbonyl (C=O) groups is 12. The van der Waals surface area contributed by atoms with Gasteiger partial charge in [-0.1, -0.05) is 219 Å². The molecule has 2 fully saturated rings. The van der Waals surface area contributed by atoms with Gasteiger partial charge in [-0.2, -0.15) is 0 Å². The van der Waals surface area contributed by atoms with E-state index in [1.165, 1.54) is 34.1 Å². The Balaban J connectivity index is 0.000000345. The van der Waals surface area contributed by atoms with E-state index < -0.39 is 79.4 Å². The monoisotopic (exact) mass is 1820 g/mol. The van der Waals surface area contributed by atoms with Crippen LogP contribution in [-0.4, -0.2) is 180 Å². The van der Waals surface area contributed by atoms with Crippen molar-refractivity contribution in [3.05, 3.63) is 203 Å². The number of unbranched alkanes of at least 4 members (excludes halogenated alkanes) is 11. The number of halogens is 1. The number of nitrogens with zero attached hydrogens (tertiary/aromatic N) is 3. The minimum atomic E-state index is -3.83. The van der Waals surface area contributed by atoms with Crippen molar-refractivity contribution in [1.82, 2.24) is 51.1 Å². The number of sulfonamides is 2. The Labute approximate surface area is 760 Å². The van der Waals surface area contributed by atoms with Crippen LogP contribution in [0.1, 0.15) is 240 Å². The number of rotatable bonds is 54. The highest BCUT2D eigenvalue weighted by atomic mass is 35.5. The van der Waals surface area contributed by atoms with E-state index in [2.05, 4.69) is 46.3 Å². The Bertz CT molecular complexity index is 4820. The molecule has 128 heavy (non-hydrogen) atoms. The summed E-state index contributed by atoms with van der Waals surface area (Å²) in [6.45, 7) is 2.51. The summed E-state index contributed by atoms with van der Waals surface area (Å²) in [5, 5.41) is 16.6. The summed E-state index contributed by atoms with van der Waals surface area (Å²) in [6.07, 6.45) is 21.9. The van der Waals surface area contributed by atoms with Crippen molar-refractivity contribution in [3.63, 3.8) is 0 Å². The molecule has 2 saturated carbocycles. The summed E-state index contributed by atoms with van der Waals surface area (Å²) in [5.41, 5.74) is 14.8. The molecule has 6 atom stereocenters. The largest absolute Gasteiger partial charge is 0.388 e. The number of amidine groups is 1. The van der Waals surface area contributed by atoms with Crippen molar-refractivity contribution >= 4 is 109 Å². The van der Waals surface area contributed by atoms with E-state index in [9.17, 15) is 74.4 Å². The number of aliphatic imine (C=N–C) groups is 1. The third-order valence-corrected chi connectivity index (χ3v) is 26.6. The standard InChI is InChI=1S/C48H63N7O8S.C47H62N6O8S.CH4.ClH/c1-34(49)50-29-18-28-41(45(58)54-42(33-35-19-8-6-9-20-35)43(56)46(59)51-30-31-52-64(62,63)37-23-10-7-11-24-37)53-44(57)38(36-21-13-14-22-36)25-12-4-2-3-5-17-32-55-47(60)39-26-15-16-27-40(39)48(55)61;48-29-17-16-28-40(44(56)52-41(33-34-19-7-5-8-20-34)42(54)45(57)49-30-31-50-62(60,61)36-23-9-6-10-24-36)51-43(55)37(35-21-12-13-22-35)25-11-3-1-2-4-18-32-53-46(58)38-26-14-15-27-39(38)47(53)59;;/h6-11,15-16,19-20,23-24,26-27,36,38,41-42,52H,2-5,12-14,17-18,21-22,25,28-33H2,1H3,(H2,49,50)(H,51,59)(H,53,57)(H,54,58);5-10,14-15,19-20,23-24,26-27,35,37,40-41,50H,1-4,11-13,16-18,21-22,25,28-33,48H2,(H,49,57)(H,51,55)(H,52,56);1H4;1H/t38?,41-,42-;37?,40-,41-;;/m00../s1. The van der Waals surface area contributed by atoms with E-state index in [4.69, 9.17) is 11.5 Å². The lowest BCUT2D eigenvalue weighted by Crippen LogP contribution is -2.55. The van der Waals surface area contributed by atoms with Crippen molar-refractivity contribution in [2.45, 2.75) is 235 Å². The van der Waals surface area contributed by atoms with E-state index in [1.807, 2.05) is 12.1 Å². The molecule has 2 unspecified atom stereocenters. The lowest BCUT2D eigenvalue weighted by atomic mass is 9.85. The van der Waals surface area contributed by atoms with Crippen molar-refractivity contribution in [3.8, 4) is 0 Å². The fourth-order valence-corrected chi connectivity index (χ4v) is 18.9. The Morgan fingerprint density at radius 1 is 0.391 bits per heavy atom. The first-order chi connectivity index (χ1) is 60.8. The molecule has 29 nitrogen and oxygen atoms in total. The summed E-state index contributed by atoms with van der Waals surface area (Å²) in [5.74, 6) is -6.08. The number of ketones is 2. The maximum absolute atomic E-state index is 14.2. The Hall–Kier alpha value is -10.7. The molecular formula is C96H130ClN13O16S2. The molecule has 10 rings (SSSR count). The molecule has 6 aromatic rings. The third kappa shape index (κ3) is 32.5. The zero-order valence-electron chi connectivity index (χ0n) is 72.7. The Morgan fingerprint density at radius 3 is 1.04 bits per heavy atom. The van der Waals surface area contributed by atoms with Crippen LogP contribution in [0.4, 0.5) is 0 Å². The van der Waals surface area contributed by atoms with Crippen molar-refractivity contribution < 1.29 is 74.4 Å². The molecule has 10 amide bonds. The van der Waals surface area contributed by atoms with Gasteiger partial charge in [-0.05, 0) is 168 Å². The fraction of sp³-hybridized carbons (Fsp3) is 0.490. The number of amides is 10. The summed E-state index contributed by atoms with van der Waals surface area (Å²) >= 11 is 0. The van der Waals surface area contributed by atoms with Gasteiger partial charge in [0, 0.05) is 70.5 Å². The van der Waals surface area contributed by atoms with Crippen LogP contribution in [0.25, 0.3) is 0 Å². The van der Waals surface area contributed by atoms with Crippen molar-refractivity contribution in [2.24, 2.45) is 40.1 Å². The van der Waals surface area contributed by atoms with E-state index >= 15 is 0 Å². The average Bonchev–Trinajstić information content (AvgIpc) is 1.64. The summed E-state index contributed by atoms with van der Waals surface area (Å²) in [7, 11) is -7.65. The van der Waals surface area contributed by atoms with Crippen LogP contribution in [0.2, 0.25) is 0 Å². The molecule has 694 valence electrons. The third-order valence-electron chi connectivity index (χ3n) is 23.7. The molecule has 2 aliphatic heterocycles. The lowest BCUT2D eigenvalue weighted by molar-refractivity contribution is -0.140. The number of fused-ring (bicyclic) bond motifs is 2. The normalized spacial score (nSPS) is 15.3. The molecule has 32 heteroatoms. The second-order valence-corrected chi connectivity index (χ2v) is 36.5. The van der Waals surface area contributed by atoms with Gasteiger partial charge >= 0.3 is 0 Å². The Kier molecular flexibility index (Phi) is 44.5. The number of benzene rings is 6. The number of hydrogen-bond donors (Lipinski definition) is 10. The smallest absolute Gasteiger partial charge is 0.289 e. The van der Waals surface area contributed by atoms with E-state index in [-0.39, 0.29) is 134 Å². The maximum Gasteiger partial charge on any atom is 0.289 e. The number of carbonyl (C=O) groups excluding carboxylic acids is 12. The van der Waals surface area contributed by atoms with Crippen LogP contribution in [0.5, 0.6) is 0 Å². The van der Waals surface area contributed by atoms with Gasteiger partial charge in [-0.25, -0.2) is 26.3 Å². The number of nitrogens with one attached hydrogen (secondary N) is 8. The zero-order valence-corrected chi connectivity index (χ0v) is 75.2. The second kappa shape index (κ2) is 54.6. The van der Waals surface area contributed by atoms with E-state index in [0.29, 0.717) is 104 Å². The van der Waals surface area contributed by atoms with Crippen LogP contribution in [0.15, 0.2) is 185 Å². The van der Waals surface area contributed by atoms with Crippen LogP contribution in [0, 0.1) is 23.7 Å². The van der Waals surface area contributed by atoms with Gasteiger partial charge in [0.1, 0.15) is 24.2 Å². The molecule has 0 radical (unpaired) electrons. The molecule has 0 saturated heterocycles. The zero-order chi connectivity index (χ0) is 90.2. The molecular weight excluding hydrogens is 1690 g/mol. The van der Waals surface area contributed by atoms with Crippen LogP contribution in [0.3, 0.4) is 0 Å². The number of imide groups is 2. The summed E-state index contributed by atoms with van der Waals surface area (Å²) in [6, 6.07) is 42.7. The average molecular weight is 1820 g/mol. The molecule has 6 aromatic carbocycles. The highest BCUT2D eigenvalue weighted by Gasteiger charge is 2.40. The van der Waals surface area contributed by atoms with Gasteiger partial charge in [0.25, 0.3) is 35.4 Å². The summed E-state index contributed by atoms with van der Waals surface area (Å²) in [4.78, 5) is 168. The quantitative estimate of drug-likeness (QED) is 0.00557. The van der Waals surface area contributed by atoms with Crippen molar-refractivity contribution in [2.75, 3.05) is 52.4 Å². The number of nitrogens with two attached hydrogens (primary N) is 2. The molecule has 0 bridgehead atoms. The molecule has 0 spiro atoms. The highest BCUT2D eigenvalue weighted by molar-refractivity contribution is 7.89. The van der Waals surface area contributed by atoms with E-state index in [0.717, 1.165) is 128 Å². The first-order valence-electron chi connectivity index (χ1n) is 44.8. The first-order valence-corrected chi connectivity index (χ1v) is 47.7. The van der Waals surface area contributed by atoms with Crippen molar-refractivity contribution in [1.29, 1.82) is 0 Å². The van der Waals surface area contributed by atoms with Crippen LogP contribution >= 0.6 is 12.4 Å². The van der Waals surface area contributed by atoms with Crippen LogP contribution in [-0.2, 0) is 71.2 Å². The minimum Gasteiger partial charge on any atom is -0.388 e. The predicted octanol–water partition coefficient (Wildman–Crippen LogP) is 10.7. The highest BCUT2D eigenvalue weighted by Crippen LogP contribution is 2.37. The van der Waals surface area contributed by atoms with Gasteiger partial charge in [0.05, 0.1) is 37.9 Å². The molecule has 4 aliphatic rings. The maximum atomic E-state index is 14.2. The molecule has 12 N–H and O–H groups in total. The first kappa shape index (κ1) is 104. The van der Waals surface area contributed by atoms with Gasteiger partial charge in [-0.3, -0.25) is 72.3 Å². The van der Waals surface area contributed by atoms with E-state index in [1.54, 1.807) is 140 Å². The topological polar surface area (TPSA) is 440 Å². The fourth-order valence-electron chi connectivity index (χ4n) is 16.8. The van der Waals surface area contributed by atoms with Crippen LogP contribution < -0.4 is 52.8 Å². The molecule has 0 aromatic heterocycles. The summed E-state index contributed by atoms with van der Waals surface area (Å²) < 4.78 is 55.2. The molecule has 2 heterocycles. The second-order valence-electron chi connectivity index (χ2n) is 33.0. The number of Topliss-reactive ketones (excluding diaryl/α,β-unsaturated/α-hetero) is 2. The Morgan fingerprint density at radius 2 is 0.695 bits per heavy atom. The predicted molar refractivity (Wildman–Crippen MR) is 495 cm³/mol. The molecule has 2 aliphatic carbocycles. The SMILES string of the molecule is C.CC(N)=NCCC[C@H](NC(=O)C(CCCCCCCCN1C(=O)c2ccccc2C1=O)C1CCCC1)C(=O)N[C@@H](Cc1ccccc1)C(=O)C(=O)NCCNS(=O)(=O)c1ccccc1.Cl.NCCCC[C@H](NC(=O)C(CCCCCCCCN1C(=O)c2ccccc2C1=O)C1CCCC1)C(=O)N[C@@H](Cc1ccccc1)C(=O)C(=O)NCCNS(=O)(=O)c1ccccc1. The van der Waals surface area contributed by atoms with Gasteiger partial charge < -0.3 is 43.4 Å².